The molecule has 43 heavy (non-hydrogen) atoms. The number of halogens is 2. The molecule has 2 amide bonds. The molecule has 0 saturated carbocycles. The highest BCUT2D eigenvalue weighted by atomic mass is 35.5. The van der Waals surface area contributed by atoms with E-state index < -0.39 is 17.9 Å². The first kappa shape index (κ1) is 30.0. The molecule has 2 heterocycles. The Morgan fingerprint density at radius 3 is 2.28 bits per heavy atom. The lowest BCUT2D eigenvalue weighted by Crippen LogP contribution is -2.48. The first-order chi connectivity index (χ1) is 20.7. The van der Waals surface area contributed by atoms with E-state index in [1.54, 1.807) is 31.0 Å². The van der Waals surface area contributed by atoms with E-state index >= 15 is 0 Å². The van der Waals surface area contributed by atoms with Crippen molar-refractivity contribution in [2.45, 2.75) is 32.4 Å². The monoisotopic (exact) mass is 616 g/mol. The van der Waals surface area contributed by atoms with Crippen molar-refractivity contribution in [3.8, 4) is 6.01 Å². The highest BCUT2D eigenvalue weighted by molar-refractivity contribution is 6.31. The Hall–Kier alpha value is -4.47. The van der Waals surface area contributed by atoms with E-state index in [2.05, 4.69) is 15.3 Å². The lowest BCUT2D eigenvalue weighted by Gasteiger charge is -2.22. The fourth-order valence-corrected chi connectivity index (χ4v) is 5.01. The maximum absolute atomic E-state index is 13.6. The molecule has 0 bridgehead atoms. The van der Waals surface area contributed by atoms with Gasteiger partial charge in [-0.2, -0.15) is 10.1 Å². The molecular formula is C32H30Cl2N6O3. The summed E-state index contributed by atoms with van der Waals surface area (Å²) in [4.78, 5) is 34.6. The molecular weight excluding hydrogens is 587 g/mol. The standard InChI is InChI=1S/C32H30Cl2N6O3/c1-19(2)27(29(35)41)37-31(42)25-16-36-32(43-18-20-8-12-23(33)13-9-20)38-30(25)40-17-26(21-6-4-3-5-7-21)28(39-40)22-10-14-24(34)15-11-22/h3-16,19,26-27H,17-18H2,1-2H3,(H2,35,41)(H,37,42)/t26-,27?/m1/s1. The van der Waals surface area contributed by atoms with Crippen LogP contribution in [-0.4, -0.2) is 40.1 Å². The summed E-state index contributed by atoms with van der Waals surface area (Å²) < 4.78 is 5.90. The number of anilines is 1. The molecule has 4 aromatic rings. The minimum absolute atomic E-state index is 0.0585. The van der Waals surface area contributed by atoms with Crippen LogP contribution in [-0.2, 0) is 11.4 Å². The van der Waals surface area contributed by atoms with Crippen LogP contribution < -0.4 is 20.8 Å². The van der Waals surface area contributed by atoms with Crippen LogP contribution in [0.4, 0.5) is 5.82 Å². The number of nitrogens with two attached hydrogens (primary N) is 1. The van der Waals surface area contributed by atoms with Gasteiger partial charge in [0.05, 0.1) is 12.3 Å². The molecule has 5 rings (SSSR count). The molecule has 0 saturated heterocycles. The summed E-state index contributed by atoms with van der Waals surface area (Å²) in [5.41, 5.74) is 9.28. The highest BCUT2D eigenvalue weighted by Crippen LogP contribution is 2.33. The molecule has 1 aliphatic rings. The summed E-state index contributed by atoms with van der Waals surface area (Å²) in [7, 11) is 0. The number of nitrogens with one attached hydrogen (secondary N) is 1. The molecule has 1 aromatic heterocycles. The van der Waals surface area contributed by atoms with E-state index in [-0.39, 0.29) is 35.8 Å². The normalized spacial score (nSPS) is 15.2. The summed E-state index contributed by atoms with van der Waals surface area (Å²) in [6.45, 7) is 4.17. The lowest BCUT2D eigenvalue weighted by atomic mass is 9.90. The molecule has 0 radical (unpaired) electrons. The van der Waals surface area contributed by atoms with Gasteiger partial charge in [-0.1, -0.05) is 91.6 Å². The number of ether oxygens (including phenoxy) is 1. The Balaban J connectivity index is 1.54. The van der Waals surface area contributed by atoms with Crippen molar-refractivity contribution < 1.29 is 14.3 Å². The van der Waals surface area contributed by atoms with Crippen molar-refractivity contribution in [2.75, 3.05) is 11.6 Å². The number of carbonyl (C=O) groups excluding carboxylic acids is 2. The zero-order valence-electron chi connectivity index (χ0n) is 23.6. The van der Waals surface area contributed by atoms with Gasteiger partial charge in [0.1, 0.15) is 18.2 Å². The fourth-order valence-electron chi connectivity index (χ4n) is 4.76. The van der Waals surface area contributed by atoms with Crippen molar-refractivity contribution in [1.29, 1.82) is 0 Å². The van der Waals surface area contributed by atoms with Crippen molar-refractivity contribution in [1.82, 2.24) is 15.3 Å². The second-order valence-electron chi connectivity index (χ2n) is 10.4. The maximum Gasteiger partial charge on any atom is 0.318 e. The molecule has 3 N–H and O–H groups in total. The Kier molecular flexibility index (Phi) is 9.23. The fraction of sp³-hybridized carbons (Fsp3) is 0.219. The van der Waals surface area contributed by atoms with Gasteiger partial charge in [-0.15, -0.1) is 0 Å². The molecule has 0 spiro atoms. The number of hydrogen-bond acceptors (Lipinski definition) is 7. The van der Waals surface area contributed by atoms with Crippen molar-refractivity contribution in [3.05, 3.63) is 117 Å². The Morgan fingerprint density at radius 2 is 1.65 bits per heavy atom. The number of hydrogen-bond donors (Lipinski definition) is 2. The SMILES string of the molecule is CC(C)C(NC(=O)c1cnc(OCc2ccc(Cl)cc2)nc1N1C[C@H](c2ccccc2)C(c2ccc(Cl)cc2)=N1)C(N)=O. The van der Waals surface area contributed by atoms with Gasteiger partial charge in [-0.25, -0.2) is 9.99 Å². The molecule has 1 aliphatic heterocycles. The number of hydrazone groups is 1. The number of carbonyl (C=O) groups is 2. The quantitative estimate of drug-likeness (QED) is 0.239. The molecule has 2 atom stereocenters. The van der Waals surface area contributed by atoms with E-state index in [1.807, 2.05) is 66.7 Å². The molecule has 9 nitrogen and oxygen atoms in total. The van der Waals surface area contributed by atoms with E-state index in [0.717, 1.165) is 22.4 Å². The van der Waals surface area contributed by atoms with Crippen LogP contribution in [0, 0.1) is 5.92 Å². The molecule has 0 aliphatic carbocycles. The molecule has 3 aromatic carbocycles. The smallest absolute Gasteiger partial charge is 0.318 e. The summed E-state index contributed by atoms with van der Waals surface area (Å²) in [5, 5.41) is 10.6. The number of amides is 2. The first-order valence-corrected chi connectivity index (χ1v) is 14.5. The lowest BCUT2D eigenvalue weighted by molar-refractivity contribution is -0.120. The van der Waals surface area contributed by atoms with Gasteiger partial charge in [-0.05, 0) is 46.9 Å². The third kappa shape index (κ3) is 7.13. The molecule has 0 fully saturated rings. The van der Waals surface area contributed by atoms with E-state index in [1.165, 1.54) is 6.20 Å². The average Bonchev–Trinajstić information content (AvgIpc) is 3.45. The molecule has 1 unspecified atom stereocenters. The summed E-state index contributed by atoms with van der Waals surface area (Å²) in [6, 6.07) is 23.8. The van der Waals surface area contributed by atoms with E-state index in [4.69, 9.17) is 38.8 Å². The largest absolute Gasteiger partial charge is 0.459 e. The van der Waals surface area contributed by atoms with Gasteiger partial charge >= 0.3 is 6.01 Å². The Labute approximate surface area is 259 Å². The zero-order chi connectivity index (χ0) is 30.5. The second-order valence-corrected chi connectivity index (χ2v) is 11.3. The van der Waals surface area contributed by atoms with E-state index in [9.17, 15) is 9.59 Å². The van der Waals surface area contributed by atoms with Gasteiger partial charge in [0, 0.05) is 22.2 Å². The van der Waals surface area contributed by atoms with E-state index in [0.29, 0.717) is 16.6 Å². The van der Waals surface area contributed by atoms with Crippen LogP contribution in [0.2, 0.25) is 10.0 Å². The van der Waals surface area contributed by atoms with Crippen LogP contribution >= 0.6 is 23.2 Å². The minimum atomic E-state index is -0.884. The Bertz CT molecular complexity index is 1630. The topological polar surface area (TPSA) is 123 Å². The number of nitrogens with zero attached hydrogens (tertiary/aromatic N) is 4. The van der Waals surface area contributed by atoms with Crippen molar-refractivity contribution in [2.24, 2.45) is 16.8 Å². The third-order valence-electron chi connectivity index (χ3n) is 7.03. The van der Waals surface area contributed by atoms with Crippen molar-refractivity contribution >= 4 is 46.5 Å². The summed E-state index contributed by atoms with van der Waals surface area (Å²) in [6.07, 6.45) is 1.38. The second kappa shape index (κ2) is 13.2. The zero-order valence-corrected chi connectivity index (χ0v) is 25.1. The van der Waals surface area contributed by atoms with Crippen LogP contribution in [0.1, 0.15) is 46.8 Å². The predicted octanol–water partition coefficient (Wildman–Crippen LogP) is 5.61. The van der Waals surface area contributed by atoms with Crippen LogP contribution in [0.15, 0.2) is 90.2 Å². The van der Waals surface area contributed by atoms with Crippen molar-refractivity contribution in [3.63, 3.8) is 0 Å². The van der Waals surface area contributed by atoms with Gasteiger partial charge in [0.25, 0.3) is 5.91 Å². The van der Waals surface area contributed by atoms with Gasteiger partial charge in [-0.3, -0.25) is 9.59 Å². The predicted molar refractivity (Wildman–Crippen MR) is 168 cm³/mol. The highest BCUT2D eigenvalue weighted by Gasteiger charge is 2.34. The van der Waals surface area contributed by atoms with Gasteiger partial charge in [0.2, 0.25) is 5.91 Å². The average molecular weight is 618 g/mol. The third-order valence-corrected chi connectivity index (χ3v) is 7.54. The van der Waals surface area contributed by atoms with Gasteiger partial charge in [0.15, 0.2) is 5.82 Å². The first-order valence-electron chi connectivity index (χ1n) is 13.7. The van der Waals surface area contributed by atoms with Gasteiger partial charge < -0.3 is 15.8 Å². The minimum Gasteiger partial charge on any atom is -0.459 e. The summed E-state index contributed by atoms with van der Waals surface area (Å²) in [5.74, 6) is -1.32. The van der Waals surface area contributed by atoms with Crippen LogP contribution in [0.3, 0.4) is 0 Å². The number of primary amides is 1. The van der Waals surface area contributed by atoms with Crippen LogP contribution in [0.5, 0.6) is 6.01 Å². The summed E-state index contributed by atoms with van der Waals surface area (Å²) >= 11 is 12.2. The Morgan fingerprint density at radius 1 is 1.00 bits per heavy atom. The number of rotatable bonds is 10. The molecule has 220 valence electrons. The molecule has 11 heteroatoms. The number of benzene rings is 3. The number of aromatic nitrogens is 2. The maximum atomic E-state index is 13.6. The van der Waals surface area contributed by atoms with Crippen LogP contribution in [0.25, 0.3) is 0 Å².